The van der Waals surface area contributed by atoms with E-state index in [4.69, 9.17) is 0 Å². The first kappa shape index (κ1) is 10.1. The van der Waals surface area contributed by atoms with Gasteiger partial charge in [0.25, 0.3) is 0 Å². The number of hydrogen-bond acceptors (Lipinski definition) is 1. The van der Waals surface area contributed by atoms with Gasteiger partial charge < -0.3 is 4.79 Å². The van der Waals surface area contributed by atoms with Crippen LogP contribution >= 0.6 is 0 Å². The molecule has 0 aromatic heterocycles. The van der Waals surface area contributed by atoms with Gasteiger partial charge in [-0.2, -0.15) is 0 Å². The van der Waals surface area contributed by atoms with E-state index >= 15 is 0 Å². The fourth-order valence-corrected chi connectivity index (χ4v) is 0. The van der Waals surface area contributed by atoms with Gasteiger partial charge in [-0.1, -0.05) is 13.8 Å². The first-order chi connectivity index (χ1) is 2.27. The van der Waals surface area contributed by atoms with Crippen molar-refractivity contribution in [2.75, 3.05) is 0 Å². The van der Waals surface area contributed by atoms with Crippen LogP contribution in [0, 0.1) is 46.3 Å². The number of aldehydes is 1. The molecule has 0 amide bonds. The molecule has 36 valence electrons. The van der Waals surface area contributed by atoms with Gasteiger partial charge in [0.1, 0.15) is 6.29 Å². The Morgan fingerprint density at radius 3 is 1.67 bits per heavy atom. The van der Waals surface area contributed by atoms with Gasteiger partial charge in [-0.25, -0.2) is 0 Å². The third-order valence-corrected chi connectivity index (χ3v) is 0.272. The Balaban J connectivity index is 0. The summed E-state index contributed by atoms with van der Waals surface area (Å²) in [6.07, 6.45) is 0.917. The molecular weight excluding hydrogens is 214 g/mol. The molecule has 0 rings (SSSR count). The van der Waals surface area contributed by atoms with Gasteiger partial charge >= 0.3 is 0 Å². The molecular formula is C4H8OSm. The Hall–Kier alpha value is 1.01. The van der Waals surface area contributed by atoms with E-state index in [1.807, 2.05) is 13.8 Å². The fourth-order valence-electron chi connectivity index (χ4n) is 0. The summed E-state index contributed by atoms with van der Waals surface area (Å²) in [6.45, 7) is 3.71. The second-order valence-corrected chi connectivity index (χ2v) is 1.38. The van der Waals surface area contributed by atoms with Crippen molar-refractivity contribution >= 4 is 6.29 Å². The van der Waals surface area contributed by atoms with Gasteiger partial charge in [0.05, 0.1) is 0 Å². The van der Waals surface area contributed by atoms with E-state index in [-0.39, 0.29) is 46.3 Å². The summed E-state index contributed by atoms with van der Waals surface area (Å²) in [5.41, 5.74) is 0. The van der Waals surface area contributed by atoms with E-state index in [9.17, 15) is 4.79 Å². The Labute approximate surface area is 70.6 Å². The molecule has 0 aliphatic carbocycles. The van der Waals surface area contributed by atoms with Crippen molar-refractivity contribution in [1.29, 1.82) is 0 Å². The molecule has 0 bridgehead atoms. The van der Waals surface area contributed by atoms with E-state index in [0.717, 1.165) is 6.29 Å². The zero-order chi connectivity index (χ0) is 4.28. The van der Waals surface area contributed by atoms with Crippen LogP contribution < -0.4 is 0 Å². The maximum Gasteiger partial charge on any atom is 0.122 e. The molecule has 0 aromatic rings. The van der Waals surface area contributed by atoms with Gasteiger partial charge in [-0.15, -0.1) is 0 Å². The molecule has 0 radical (unpaired) electrons. The smallest absolute Gasteiger partial charge is 0.122 e. The summed E-state index contributed by atoms with van der Waals surface area (Å²) >= 11 is 0. The van der Waals surface area contributed by atoms with Crippen molar-refractivity contribution in [3.63, 3.8) is 0 Å². The topological polar surface area (TPSA) is 17.1 Å². The molecule has 0 spiro atoms. The van der Waals surface area contributed by atoms with Crippen LogP contribution in [0.5, 0.6) is 0 Å². The summed E-state index contributed by atoms with van der Waals surface area (Å²) in [4.78, 5) is 9.50. The zero-order valence-electron chi connectivity index (χ0n) is 3.97. The van der Waals surface area contributed by atoms with E-state index in [2.05, 4.69) is 0 Å². The molecule has 1 nitrogen and oxygen atoms in total. The number of carbonyl (C=O) groups excluding carboxylic acids is 1. The number of carbonyl (C=O) groups is 1. The molecule has 0 saturated heterocycles. The Morgan fingerprint density at radius 2 is 1.67 bits per heavy atom. The third-order valence-electron chi connectivity index (χ3n) is 0.272. The molecule has 6 heavy (non-hydrogen) atoms. The molecule has 0 fully saturated rings. The number of rotatable bonds is 1. The van der Waals surface area contributed by atoms with Gasteiger partial charge in [0, 0.05) is 46.3 Å². The van der Waals surface area contributed by atoms with Crippen molar-refractivity contribution in [3.05, 3.63) is 0 Å². The second-order valence-electron chi connectivity index (χ2n) is 1.38. The minimum Gasteiger partial charge on any atom is -0.303 e. The van der Waals surface area contributed by atoms with Crippen LogP contribution in [-0.4, -0.2) is 6.29 Å². The Bertz CT molecular complexity index is 34.5. The van der Waals surface area contributed by atoms with Crippen LogP contribution in [0.1, 0.15) is 13.8 Å². The van der Waals surface area contributed by atoms with Crippen molar-refractivity contribution in [2.45, 2.75) is 13.8 Å². The summed E-state index contributed by atoms with van der Waals surface area (Å²) in [7, 11) is 0. The molecule has 0 aliphatic rings. The summed E-state index contributed by atoms with van der Waals surface area (Å²) < 4.78 is 0. The third kappa shape index (κ3) is 8.89. The van der Waals surface area contributed by atoms with Crippen LogP contribution in [0.2, 0.25) is 0 Å². The molecule has 0 heterocycles. The number of hydrogen-bond donors (Lipinski definition) is 0. The predicted molar refractivity (Wildman–Crippen MR) is 20.9 cm³/mol. The second kappa shape index (κ2) is 6.01. The average molecular weight is 222 g/mol. The standard InChI is InChI=1S/C4H8O.Sm/c1-4(2)3-5;/h3-4H,1-2H3;. The van der Waals surface area contributed by atoms with Crippen LogP contribution in [-0.2, 0) is 4.79 Å². The first-order valence-corrected chi connectivity index (χ1v) is 1.72. The summed E-state index contributed by atoms with van der Waals surface area (Å²) in [6, 6.07) is 0. The SMILES string of the molecule is CC(C)C=O.[Sm]. The van der Waals surface area contributed by atoms with Crippen LogP contribution in [0.3, 0.4) is 0 Å². The summed E-state index contributed by atoms with van der Waals surface area (Å²) in [5.74, 6) is 0.204. The maximum absolute atomic E-state index is 9.50. The summed E-state index contributed by atoms with van der Waals surface area (Å²) in [5, 5.41) is 0. The van der Waals surface area contributed by atoms with Crippen LogP contribution in [0.25, 0.3) is 0 Å². The molecule has 0 aliphatic heterocycles. The van der Waals surface area contributed by atoms with Crippen molar-refractivity contribution in [1.82, 2.24) is 0 Å². The quantitative estimate of drug-likeness (QED) is 0.601. The van der Waals surface area contributed by atoms with Crippen molar-refractivity contribution < 1.29 is 45.2 Å². The van der Waals surface area contributed by atoms with E-state index < -0.39 is 0 Å². The maximum atomic E-state index is 9.50. The Morgan fingerprint density at radius 1 is 1.50 bits per heavy atom. The van der Waals surface area contributed by atoms with Crippen LogP contribution in [0.15, 0.2) is 0 Å². The average Bonchev–Trinajstić information content (AvgIpc) is 1.38. The van der Waals surface area contributed by atoms with Gasteiger partial charge in [-0.05, 0) is 0 Å². The molecule has 2 heteroatoms. The van der Waals surface area contributed by atoms with E-state index in [0.29, 0.717) is 0 Å². The molecule has 0 N–H and O–H groups in total. The van der Waals surface area contributed by atoms with Crippen molar-refractivity contribution in [2.24, 2.45) is 5.92 Å². The monoisotopic (exact) mass is 224 g/mol. The fraction of sp³-hybridized carbons (Fsp3) is 0.750. The zero-order valence-corrected chi connectivity index (χ0v) is 6.59. The van der Waals surface area contributed by atoms with E-state index in [1.54, 1.807) is 0 Å². The van der Waals surface area contributed by atoms with E-state index in [1.165, 1.54) is 0 Å². The molecule has 0 saturated carbocycles. The van der Waals surface area contributed by atoms with Gasteiger partial charge in [-0.3, -0.25) is 0 Å². The van der Waals surface area contributed by atoms with Crippen molar-refractivity contribution in [3.8, 4) is 0 Å². The minimum atomic E-state index is 0. The van der Waals surface area contributed by atoms with Gasteiger partial charge in [0.2, 0.25) is 0 Å². The predicted octanol–water partition coefficient (Wildman–Crippen LogP) is 0.841. The van der Waals surface area contributed by atoms with Crippen LogP contribution in [0.4, 0.5) is 0 Å². The largest absolute Gasteiger partial charge is 0.303 e. The molecule has 0 atom stereocenters. The Kier molecular flexibility index (Phi) is 10.1. The molecule has 0 unspecified atom stereocenters. The molecule has 0 aromatic carbocycles. The van der Waals surface area contributed by atoms with Gasteiger partial charge in [0.15, 0.2) is 0 Å². The normalized spacial score (nSPS) is 7.17. The minimum absolute atomic E-state index is 0. The first-order valence-electron chi connectivity index (χ1n) is 1.72.